The Labute approximate surface area is 201 Å². The van der Waals surface area contributed by atoms with E-state index in [0.717, 1.165) is 16.7 Å². The average molecular weight is 448 g/mol. The summed E-state index contributed by atoms with van der Waals surface area (Å²) in [5, 5.41) is 6.20. The van der Waals surface area contributed by atoms with Crippen molar-refractivity contribution in [2.45, 2.75) is 6.92 Å². The van der Waals surface area contributed by atoms with E-state index < -0.39 is 0 Å². The van der Waals surface area contributed by atoms with Crippen LogP contribution in [0.3, 0.4) is 0 Å². The number of hydrogen-bond donors (Lipinski definition) is 0. The summed E-state index contributed by atoms with van der Waals surface area (Å²) in [6.07, 6.45) is 0. The fraction of sp³-hybridized carbons (Fsp3) is 0.0312. The summed E-state index contributed by atoms with van der Waals surface area (Å²) in [6.45, 7) is 2.15. The maximum Gasteiger partial charge on any atom is 0.146 e. The minimum Gasteiger partial charge on any atom is -0.309 e. The van der Waals surface area contributed by atoms with Gasteiger partial charge in [-0.1, -0.05) is 72.3 Å². The lowest BCUT2D eigenvalue weighted by atomic mass is 10.0. The number of pyridine rings is 1. The molecule has 0 aliphatic carbocycles. The van der Waals surface area contributed by atoms with E-state index in [1.807, 2.05) is 0 Å². The molecule has 0 saturated carbocycles. The summed E-state index contributed by atoms with van der Waals surface area (Å²) in [7, 11) is 0. The molecule has 8 aromatic rings. The zero-order valence-electron chi connectivity index (χ0n) is 19.2. The Morgan fingerprint density at radius 2 is 1.31 bits per heavy atom. The van der Waals surface area contributed by atoms with Gasteiger partial charge in [0.15, 0.2) is 0 Å². The van der Waals surface area contributed by atoms with Gasteiger partial charge in [0.05, 0.1) is 27.6 Å². The van der Waals surface area contributed by atoms with Gasteiger partial charge in [-0.3, -0.25) is 4.40 Å². The van der Waals surface area contributed by atoms with Gasteiger partial charge < -0.3 is 4.57 Å². The quantitative estimate of drug-likeness (QED) is 0.232. The third-order valence-electron chi connectivity index (χ3n) is 7.32. The molecule has 0 saturated heterocycles. The van der Waals surface area contributed by atoms with Crippen LogP contribution < -0.4 is 0 Å². The number of hydrogen-bond acceptors (Lipinski definition) is 1. The molecular formula is C32H21N3. The highest BCUT2D eigenvalue weighted by atomic mass is 15.0. The van der Waals surface area contributed by atoms with E-state index >= 15 is 0 Å². The van der Waals surface area contributed by atoms with E-state index in [1.54, 1.807) is 0 Å². The van der Waals surface area contributed by atoms with Crippen molar-refractivity contribution in [2.24, 2.45) is 0 Å². The van der Waals surface area contributed by atoms with Crippen molar-refractivity contribution in [3.05, 3.63) is 115 Å². The van der Waals surface area contributed by atoms with Crippen LogP contribution >= 0.6 is 0 Å². The molecule has 0 aliphatic heterocycles. The SMILES string of the molecule is Cc1ccc2c(c1)c1nc3ccccc3n1c1c2ccc2c1c1ccccc1n2-c1ccccc1. The Morgan fingerprint density at radius 1 is 0.571 bits per heavy atom. The molecule has 0 radical (unpaired) electrons. The summed E-state index contributed by atoms with van der Waals surface area (Å²) in [6, 6.07) is 39.2. The highest BCUT2D eigenvalue weighted by Crippen LogP contribution is 2.41. The van der Waals surface area contributed by atoms with Crippen molar-refractivity contribution >= 4 is 60.2 Å². The summed E-state index contributed by atoms with van der Waals surface area (Å²) >= 11 is 0. The maximum atomic E-state index is 5.14. The normalized spacial score (nSPS) is 12.1. The second-order valence-corrected chi connectivity index (χ2v) is 9.35. The Bertz CT molecular complexity index is 2110. The highest BCUT2D eigenvalue weighted by molar-refractivity contribution is 6.26. The first kappa shape index (κ1) is 18.8. The summed E-state index contributed by atoms with van der Waals surface area (Å²) in [5.41, 5.74) is 9.22. The van der Waals surface area contributed by atoms with Gasteiger partial charge in [-0.15, -0.1) is 0 Å². The van der Waals surface area contributed by atoms with Gasteiger partial charge in [-0.05, 0) is 54.8 Å². The molecule has 0 bridgehead atoms. The molecule has 0 fully saturated rings. The molecular weight excluding hydrogens is 426 g/mol. The minimum absolute atomic E-state index is 1.02. The molecule has 0 N–H and O–H groups in total. The Balaban J connectivity index is 1.73. The second-order valence-electron chi connectivity index (χ2n) is 9.35. The van der Waals surface area contributed by atoms with E-state index in [1.165, 1.54) is 54.7 Å². The largest absolute Gasteiger partial charge is 0.309 e. The van der Waals surface area contributed by atoms with Crippen molar-refractivity contribution < 1.29 is 0 Å². The molecule has 3 heteroatoms. The first-order chi connectivity index (χ1) is 17.3. The summed E-state index contributed by atoms with van der Waals surface area (Å²) in [5.74, 6) is 0. The van der Waals surface area contributed by atoms with Gasteiger partial charge in [0.2, 0.25) is 0 Å². The van der Waals surface area contributed by atoms with Crippen LogP contribution in [0.25, 0.3) is 65.8 Å². The third-order valence-corrected chi connectivity index (χ3v) is 7.32. The minimum atomic E-state index is 1.02. The molecule has 0 amide bonds. The van der Waals surface area contributed by atoms with Crippen LogP contribution in [-0.2, 0) is 0 Å². The topological polar surface area (TPSA) is 22.2 Å². The predicted molar refractivity (Wildman–Crippen MR) is 147 cm³/mol. The molecule has 0 unspecified atom stereocenters. The Morgan fingerprint density at radius 3 is 2.20 bits per heavy atom. The van der Waals surface area contributed by atoms with Gasteiger partial charge in [0.25, 0.3) is 0 Å². The molecule has 35 heavy (non-hydrogen) atoms. The number of para-hydroxylation sites is 4. The molecule has 0 aliphatic rings. The number of imidazole rings is 1. The van der Waals surface area contributed by atoms with Gasteiger partial charge in [0.1, 0.15) is 5.65 Å². The van der Waals surface area contributed by atoms with E-state index in [-0.39, 0.29) is 0 Å². The van der Waals surface area contributed by atoms with Crippen LogP contribution in [0.4, 0.5) is 0 Å². The standard InChI is InChI=1S/C32H21N3/c1-20-15-16-22-23-17-18-29-30(24-11-5-7-13-27(24)34(29)21-9-3-2-4-10-21)31(23)35-28-14-8-6-12-26(28)33-32(35)25(22)19-20/h2-19H,1H3. The van der Waals surface area contributed by atoms with E-state index in [2.05, 4.69) is 125 Å². The number of nitrogens with zero attached hydrogens (tertiary/aromatic N) is 3. The third kappa shape index (κ3) is 2.42. The van der Waals surface area contributed by atoms with Crippen LogP contribution in [0.2, 0.25) is 0 Å². The van der Waals surface area contributed by atoms with Gasteiger partial charge in [-0.2, -0.15) is 0 Å². The molecule has 0 spiro atoms. The lowest BCUT2D eigenvalue weighted by Crippen LogP contribution is -1.95. The summed E-state index contributed by atoms with van der Waals surface area (Å²) < 4.78 is 4.77. The first-order valence-corrected chi connectivity index (χ1v) is 12.0. The number of aryl methyl sites for hydroxylation is 1. The fourth-order valence-electron chi connectivity index (χ4n) is 5.86. The van der Waals surface area contributed by atoms with E-state index in [4.69, 9.17) is 4.98 Å². The lowest BCUT2D eigenvalue weighted by molar-refractivity contribution is 1.18. The molecule has 3 nitrogen and oxygen atoms in total. The molecule has 164 valence electrons. The molecule has 3 aromatic heterocycles. The van der Waals surface area contributed by atoms with E-state index in [0.29, 0.717) is 0 Å². The van der Waals surface area contributed by atoms with Crippen molar-refractivity contribution in [1.29, 1.82) is 0 Å². The van der Waals surface area contributed by atoms with Crippen molar-refractivity contribution in [1.82, 2.24) is 14.0 Å². The molecule has 8 rings (SSSR count). The second kappa shape index (κ2) is 6.71. The molecule has 3 heterocycles. The van der Waals surface area contributed by atoms with Crippen molar-refractivity contribution in [3.63, 3.8) is 0 Å². The maximum absolute atomic E-state index is 5.14. The zero-order chi connectivity index (χ0) is 23.1. The van der Waals surface area contributed by atoms with Crippen molar-refractivity contribution in [2.75, 3.05) is 0 Å². The number of aromatic nitrogens is 3. The Kier molecular flexibility index (Phi) is 3.59. The van der Waals surface area contributed by atoms with Crippen LogP contribution in [0.5, 0.6) is 0 Å². The number of rotatable bonds is 1. The molecule has 0 atom stereocenters. The number of fused-ring (bicyclic) bond motifs is 12. The Hall–Kier alpha value is -4.63. The van der Waals surface area contributed by atoms with E-state index in [9.17, 15) is 0 Å². The van der Waals surface area contributed by atoms with Crippen LogP contribution in [0.15, 0.2) is 109 Å². The fourth-order valence-corrected chi connectivity index (χ4v) is 5.86. The van der Waals surface area contributed by atoms with Crippen LogP contribution in [0, 0.1) is 6.92 Å². The van der Waals surface area contributed by atoms with Crippen LogP contribution in [0.1, 0.15) is 5.56 Å². The van der Waals surface area contributed by atoms with Gasteiger partial charge >= 0.3 is 0 Å². The predicted octanol–water partition coefficient (Wildman–Crippen LogP) is 8.20. The first-order valence-electron chi connectivity index (χ1n) is 12.0. The highest BCUT2D eigenvalue weighted by Gasteiger charge is 2.20. The average Bonchev–Trinajstić information content (AvgIpc) is 3.45. The molecule has 5 aromatic carbocycles. The zero-order valence-corrected chi connectivity index (χ0v) is 19.2. The monoisotopic (exact) mass is 447 g/mol. The summed E-state index contributed by atoms with van der Waals surface area (Å²) in [4.78, 5) is 5.14. The number of benzene rings is 5. The van der Waals surface area contributed by atoms with Crippen LogP contribution in [-0.4, -0.2) is 14.0 Å². The van der Waals surface area contributed by atoms with Crippen molar-refractivity contribution in [3.8, 4) is 5.69 Å². The van der Waals surface area contributed by atoms with Gasteiger partial charge in [-0.25, -0.2) is 4.98 Å². The van der Waals surface area contributed by atoms with Gasteiger partial charge in [0, 0.05) is 27.2 Å². The lowest BCUT2D eigenvalue weighted by Gasteiger charge is -2.12. The smallest absolute Gasteiger partial charge is 0.146 e.